The summed E-state index contributed by atoms with van der Waals surface area (Å²) >= 11 is 5.93. The molecule has 1 heterocycles. The third kappa shape index (κ3) is 4.62. The zero-order valence-corrected chi connectivity index (χ0v) is 12.1. The summed E-state index contributed by atoms with van der Waals surface area (Å²) in [7, 11) is 2.08. The van der Waals surface area contributed by atoms with Crippen LogP contribution in [0.2, 0.25) is 5.02 Å². The minimum absolute atomic E-state index is 0.754. The molecule has 0 aliphatic rings. The zero-order valence-electron chi connectivity index (χ0n) is 11.3. The number of hydrogen-bond donors (Lipinski definition) is 1. The van der Waals surface area contributed by atoms with Gasteiger partial charge in [-0.15, -0.1) is 0 Å². The third-order valence-corrected chi connectivity index (χ3v) is 3.10. The molecule has 4 heteroatoms. The van der Waals surface area contributed by atoms with Gasteiger partial charge in [0.05, 0.1) is 6.54 Å². The van der Waals surface area contributed by atoms with Gasteiger partial charge < -0.3 is 9.73 Å². The number of likely N-dealkylation sites (N-methyl/N-ethyl adjacent to an activating group) is 1. The maximum absolute atomic E-state index is 5.93. The second-order valence-electron chi connectivity index (χ2n) is 4.69. The first-order valence-corrected chi connectivity index (χ1v) is 6.74. The van der Waals surface area contributed by atoms with E-state index in [0.29, 0.717) is 0 Å². The number of rotatable bonds is 6. The number of hydrogen-bond acceptors (Lipinski definition) is 3. The fourth-order valence-electron chi connectivity index (χ4n) is 1.90. The standard InChI is InChI=1S/C15H19ClN2O/c1-12-6-7-15(19-12)11-18(2)9-8-17-14-5-3-4-13(16)10-14/h3-7,10,17H,8-9,11H2,1-2H3. The average molecular weight is 279 g/mol. The molecule has 102 valence electrons. The lowest BCUT2D eigenvalue weighted by Gasteiger charge is -2.16. The first-order chi connectivity index (χ1) is 9.13. The van der Waals surface area contributed by atoms with Gasteiger partial charge in [-0.25, -0.2) is 0 Å². The van der Waals surface area contributed by atoms with E-state index in [1.165, 1.54) is 0 Å². The van der Waals surface area contributed by atoms with Crippen LogP contribution in [-0.2, 0) is 6.54 Å². The highest BCUT2D eigenvalue weighted by Gasteiger charge is 2.03. The molecular weight excluding hydrogens is 260 g/mol. The van der Waals surface area contributed by atoms with E-state index in [-0.39, 0.29) is 0 Å². The number of aryl methyl sites for hydroxylation is 1. The molecule has 3 nitrogen and oxygen atoms in total. The van der Waals surface area contributed by atoms with Gasteiger partial charge in [-0.3, -0.25) is 4.90 Å². The molecule has 0 unspecified atom stereocenters. The maximum Gasteiger partial charge on any atom is 0.118 e. The molecule has 1 aromatic carbocycles. The van der Waals surface area contributed by atoms with Crippen LogP contribution in [-0.4, -0.2) is 25.0 Å². The molecule has 0 atom stereocenters. The summed E-state index contributed by atoms with van der Waals surface area (Å²) in [6.07, 6.45) is 0. The average Bonchev–Trinajstić information content (AvgIpc) is 2.75. The van der Waals surface area contributed by atoms with E-state index in [2.05, 4.69) is 17.3 Å². The largest absolute Gasteiger partial charge is 0.465 e. The number of nitrogens with zero attached hydrogens (tertiary/aromatic N) is 1. The summed E-state index contributed by atoms with van der Waals surface area (Å²) in [5.74, 6) is 1.96. The number of nitrogens with one attached hydrogen (secondary N) is 1. The van der Waals surface area contributed by atoms with Crippen molar-refractivity contribution < 1.29 is 4.42 Å². The van der Waals surface area contributed by atoms with E-state index in [9.17, 15) is 0 Å². The smallest absolute Gasteiger partial charge is 0.118 e. The van der Waals surface area contributed by atoms with E-state index in [4.69, 9.17) is 16.0 Å². The summed E-state index contributed by atoms with van der Waals surface area (Å²) < 4.78 is 5.55. The molecule has 0 radical (unpaired) electrons. The lowest BCUT2D eigenvalue weighted by atomic mass is 10.3. The Kier molecular flexibility index (Phi) is 4.88. The predicted molar refractivity (Wildman–Crippen MR) is 79.7 cm³/mol. The quantitative estimate of drug-likeness (QED) is 0.871. The van der Waals surface area contributed by atoms with Gasteiger partial charge in [0.25, 0.3) is 0 Å². The topological polar surface area (TPSA) is 28.4 Å². The van der Waals surface area contributed by atoms with Crippen LogP contribution >= 0.6 is 11.6 Å². The molecule has 0 spiro atoms. The van der Waals surface area contributed by atoms with E-state index in [1.807, 2.05) is 43.3 Å². The molecule has 1 N–H and O–H groups in total. The molecule has 19 heavy (non-hydrogen) atoms. The zero-order chi connectivity index (χ0) is 13.7. The molecule has 0 amide bonds. The van der Waals surface area contributed by atoms with Crippen LogP contribution in [0.4, 0.5) is 5.69 Å². The van der Waals surface area contributed by atoms with Crippen LogP contribution < -0.4 is 5.32 Å². The summed E-state index contributed by atoms with van der Waals surface area (Å²) in [6.45, 7) is 4.60. The first-order valence-electron chi connectivity index (χ1n) is 6.37. The normalized spacial score (nSPS) is 10.9. The Hall–Kier alpha value is -1.45. The Bertz CT molecular complexity index is 524. The number of halogens is 1. The van der Waals surface area contributed by atoms with Crippen molar-refractivity contribution in [2.75, 3.05) is 25.5 Å². The van der Waals surface area contributed by atoms with Gasteiger partial charge in [-0.05, 0) is 44.3 Å². The van der Waals surface area contributed by atoms with Gasteiger partial charge in [-0.1, -0.05) is 17.7 Å². The molecule has 0 saturated heterocycles. The van der Waals surface area contributed by atoms with Crippen molar-refractivity contribution >= 4 is 17.3 Å². The Morgan fingerprint density at radius 2 is 2.11 bits per heavy atom. The van der Waals surface area contributed by atoms with Crippen LogP contribution in [0, 0.1) is 6.92 Å². The molecule has 0 fully saturated rings. The minimum atomic E-state index is 0.754. The van der Waals surface area contributed by atoms with Crippen molar-refractivity contribution in [1.29, 1.82) is 0 Å². The van der Waals surface area contributed by atoms with Crippen molar-refractivity contribution in [2.45, 2.75) is 13.5 Å². The maximum atomic E-state index is 5.93. The van der Waals surface area contributed by atoms with Crippen LogP contribution in [0.15, 0.2) is 40.8 Å². The van der Waals surface area contributed by atoms with Gasteiger partial charge in [0.2, 0.25) is 0 Å². The Morgan fingerprint density at radius 1 is 1.26 bits per heavy atom. The van der Waals surface area contributed by atoms with E-state index in [0.717, 1.165) is 41.9 Å². The van der Waals surface area contributed by atoms with Crippen molar-refractivity contribution in [2.24, 2.45) is 0 Å². The summed E-state index contributed by atoms with van der Waals surface area (Å²) in [4.78, 5) is 2.22. The molecule has 2 rings (SSSR count). The lowest BCUT2D eigenvalue weighted by Crippen LogP contribution is -2.24. The molecular formula is C15H19ClN2O. The highest BCUT2D eigenvalue weighted by molar-refractivity contribution is 6.30. The fraction of sp³-hybridized carbons (Fsp3) is 0.333. The van der Waals surface area contributed by atoms with Gasteiger partial charge in [0.15, 0.2) is 0 Å². The molecule has 0 aliphatic carbocycles. The van der Waals surface area contributed by atoms with Gasteiger partial charge in [-0.2, -0.15) is 0 Å². The summed E-state index contributed by atoms with van der Waals surface area (Å²) in [6, 6.07) is 11.8. The second kappa shape index (κ2) is 6.64. The monoisotopic (exact) mass is 278 g/mol. The van der Waals surface area contributed by atoms with Crippen LogP contribution in [0.3, 0.4) is 0 Å². The van der Waals surface area contributed by atoms with Crippen molar-refractivity contribution in [1.82, 2.24) is 4.90 Å². The van der Waals surface area contributed by atoms with Gasteiger partial charge >= 0.3 is 0 Å². The second-order valence-corrected chi connectivity index (χ2v) is 5.12. The molecule has 0 bridgehead atoms. The van der Waals surface area contributed by atoms with E-state index in [1.54, 1.807) is 0 Å². The molecule has 0 aliphatic heterocycles. The Morgan fingerprint density at radius 3 is 2.79 bits per heavy atom. The fourth-order valence-corrected chi connectivity index (χ4v) is 2.10. The highest BCUT2D eigenvalue weighted by atomic mass is 35.5. The summed E-state index contributed by atoms with van der Waals surface area (Å²) in [5, 5.41) is 4.10. The molecule has 1 aromatic heterocycles. The number of anilines is 1. The summed E-state index contributed by atoms with van der Waals surface area (Å²) in [5.41, 5.74) is 1.05. The highest BCUT2D eigenvalue weighted by Crippen LogP contribution is 2.14. The Labute approximate surface area is 119 Å². The van der Waals surface area contributed by atoms with Crippen LogP contribution in [0.1, 0.15) is 11.5 Å². The number of benzene rings is 1. The molecule has 2 aromatic rings. The van der Waals surface area contributed by atoms with E-state index < -0.39 is 0 Å². The molecule has 0 saturated carbocycles. The first kappa shape index (κ1) is 14.0. The number of furan rings is 1. The third-order valence-electron chi connectivity index (χ3n) is 2.87. The van der Waals surface area contributed by atoms with Gasteiger partial charge in [0.1, 0.15) is 11.5 Å². The van der Waals surface area contributed by atoms with Crippen molar-refractivity contribution in [3.05, 3.63) is 52.9 Å². The SMILES string of the molecule is Cc1ccc(CN(C)CCNc2cccc(Cl)c2)o1. The van der Waals surface area contributed by atoms with E-state index >= 15 is 0 Å². The predicted octanol–water partition coefficient (Wildman–Crippen LogP) is 3.79. The van der Waals surface area contributed by atoms with Crippen LogP contribution in [0.5, 0.6) is 0 Å². The minimum Gasteiger partial charge on any atom is -0.465 e. The van der Waals surface area contributed by atoms with Gasteiger partial charge in [0, 0.05) is 23.8 Å². The van der Waals surface area contributed by atoms with Crippen molar-refractivity contribution in [3.63, 3.8) is 0 Å². The van der Waals surface area contributed by atoms with Crippen LogP contribution in [0.25, 0.3) is 0 Å². The lowest BCUT2D eigenvalue weighted by molar-refractivity contribution is 0.302. The van der Waals surface area contributed by atoms with Crippen molar-refractivity contribution in [3.8, 4) is 0 Å². The Balaban J connectivity index is 1.73.